The first kappa shape index (κ1) is 18.9. The fourth-order valence-corrected chi connectivity index (χ4v) is 4.62. The van der Waals surface area contributed by atoms with Gasteiger partial charge in [-0.3, -0.25) is 0 Å². The number of alkyl halides is 2. The number of rotatable bonds is 6. The highest BCUT2D eigenvalue weighted by Crippen LogP contribution is 2.44. The largest absolute Gasteiger partial charge is 0.244 e. The number of hydrogen-bond donors (Lipinski definition) is 0. The van der Waals surface area contributed by atoms with E-state index in [-0.39, 0.29) is 11.8 Å². The van der Waals surface area contributed by atoms with Gasteiger partial charge in [-0.15, -0.1) is 0 Å². The number of halogens is 2. The van der Waals surface area contributed by atoms with Crippen molar-refractivity contribution in [3.05, 3.63) is 11.6 Å². The normalized spacial score (nSPS) is 36.8. The Labute approximate surface area is 142 Å². The van der Waals surface area contributed by atoms with Gasteiger partial charge in [-0.05, 0) is 62.2 Å². The van der Waals surface area contributed by atoms with Crippen LogP contribution < -0.4 is 0 Å². The summed E-state index contributed by atoms with van der Waals surface area (Å²) in [6, 6.07) is 0. The van der Waals surface area contributed by atoms with Crippen molar-refractivity contribution in [3.63, 3.8) is 0 Å². The van der Waals surface area contributed by atoms with E-state index in [1.54, 1.807) is 0 Å². The first-order valence-electron chi connectivity index (χ1n) is 9.91. The van der Waals surface area contributed by atoms with Crippen LogP contribution in [0, 0.1) is 29.6 Å². The van der Waals surface area contributed by atoms with E-state index in [1.807, 2.05) is 0 Å². The molecule has 134 valence electrons. The van der Waals surface area contributed by atoms with Gasteiger partial charge >= 0.3 is 0 Å². The molecule has 0 aromatic carbocycles. The Hall–Kier alpha value is -0.400. The lowest BCUT2D eigenvalue weighted by Crippen LogP contribution is -2.42. The van der Waals surface area contributed by atoms with Crippen molar-refractivity contribution in [1.29, 1.82) is 0 Å². The van der Waals surface area contributed by atoms with Crippen LogP contribution in [0.2, 0.25) is 0 Å². The summed E-state index contributed by atoms with van der Waals surface area (Å²) in [5, 5.41) is 0. The molecule has 6 unspecified atom stereocenters. The molecule has 0 nitrogen and oxygen atoms in total. The third kappa shape index (κ3) is 4.79. The van der Waals surface area contributed by atoms with Crippen LogP contribution in [-0.4, -0.2) is 12.3 Å². The van der Waals surface area contributed by atoms with Crippen molar-refractivity contribution >= 4 is 0 Å². The molecular weight excluding hydrogens is 290 g/mol. The van der Waals surface area contributed by atoms with Crippen molar-refractivity contribution in [2.75, 3.05) is 0 Å². The van der Waals surface area contributed by atoms with E-state index in [0.717, 1.165) is 51.4 Å². The number of hydrogen-bond acceptors (Lipinski definition) is 0. The molecule has 0 radical (unpaired) electrons. The number of allylic oxidation sites excluding steroid dienone is 2. The fourth-order valence-electron chi connectivity index (χ4n) is 4.62. The Morgan fingerprint density at radius 3 is 2.39 bits per heavy atom. The van der Waals surface area contributed by atoms with Crippen molar-refractivity contribution in [3.8, 4) is 0 Å². The predicted octanol–water partition coefficient (Wildman–Crippen LogP) is 6.90. The Kier molecular flexibility index (Phi) is 7.10. The zero-order valence-electron chi connectivity index (χ0n) is 15.5. The molecular formula is C21H36F2. The highest BCUT2D eigenvalue weighted by Gasteiger charge is 2.44. The van der Waals surface area contributed by atoms with Crippen LogP contribution in [0.3, 0.4) is 0 Å². The molecule has 0 aliphatic heterocycles. The maximum atomic E-state index is 14.9. The lowest BCUT2D eigenvalue weighted by molar-refractivity contribution is 0.00462. The van der Waals surface area contributed by atoms with E-state index in [9.17, 15) is 8.78 Å². The van der Waals surface area contributed by atoms with E-state index in [1.165, 1.54) is 5.57 Å². The lowest BCUT2D eigenvalue weighted by Gasteiger charge is -2.40. The third-order valence-electron chi connectivity index (χ3n) is 6.34. The average Bonchev–Trinajstić information content (AvgIpc) is 2.52. The van der Waals surface area contributed by atoms with Gasteiger partial charge in [0.15, 0.2) is 0 Å². The molecule has 0 amide bonds. The second-order valence-corrected chi connectivity index (χ2v) is 8.53. The molecule has 2 heteroatoms. The van der Waals surface area contributed by atoms with Crippen molar-refractivity contribution < 1.29 is 8.78 Å². The van der Waals surface area contributed by atoms with Crippen molar-refractivity contribution in [1.82, 2.24) is 0 Å². The van der Waals surface area contributed by atoms with E-state index < -0.39 is 12.3 Å². The SMILES string of the molecule is CCC(CCC(C)C)C1CCC(C2=CCC(C)CC2)C(F)C1F. The molecule has 2 aliphatic carbocycles. The molecule has 0 saturated heterocycles. The van der Waals surface area contributed by atoms with Gasteiger partial charge in [0.1, 0.15) is 12.3 Å². The molecule has 0 bridgehead atoms. The molecule has 1 saturated carbocycles. The van der Waals surface area contributed by atoms with E-state index >= 15 is 0 Å². The minimum absolute atomic E-state index is 0.0619. The Morgan fingerprint density at radius 1 is 1.09 bits per heavy atom. The summed E-state index contributed by atoms with van der Waals surface area (Å²) in [7, 11) is 0. The van der Waals surface area contributed by atoms with Crippen LogP contribution in [0.25, 0.3) is 0 Å². The minimum atomic E-state index is -1.28. The Balaban J connectivity index is 1.98. The summed E-state index contributed by atoms with van der Waals surface area (Å²) in [6.07, 6.45) is 7.74. The maximum Gasteiger partial charge on any atom is 0.138 e. The van der Waals surface area contributed by atoms with Crippen LogP contribution in [-0.2, 0) is 0 Å². The molecule has 0 aromatic heterocycles. The predicted molar refractivity (Wildman–Crippen MR) is 95.0 cm³/mol. The molecule has 6 atom stereocenters. The molecule has 2 rings (SSSR count). The zero-order valence-corrected chi connectivity index (χ0v) is 15.5. The van der Waals surface area contributed by atoms with Gasteiger partial charge in [0.05, 0.1) is 0 Å². The molecule has 0 spiro atoms. The summed E-state index contributed by atoms with van der Waals surface area (Å²) in [5.41, 5.74) is 1.21. The van der Waals surface area contributed by atoms with Crippen LogP contribution in [0.4, 0.5) is 8.78 Å². The van der Waals surface area contributed by atoms with Gasteiger partial charge in [-0.2, -0.15) is 0 Å². The van der Waals surface area contributed by atoms with Crippen LogP contribution in [0.5, 0.6) is 0 Å². The summed E-state index contributed by atoms with van der Waals surface area (Å²) in [4.78, 5) is 0. The first-order chi connectivity index (χ1) is 10.9. The van der Waals surface area contributed by atoms with Gasteiger partial charge < -0.3 is 0 Å². The standard InChI is InChI=1S/C21H36F2/c1-5-16(9-6-14(2)3)18-12-13-19(21(23)20(18)22)17-10-7-15(4)8-11-17/h10,14-16,18-21H,5-9,11-13H2,1-4H3. The summed E-state index contributed by atoms with van der Waals surface area (Å²) in [5.74, 6) is 1.50. The smallest absolute Gasteiger partial charge is 0.138 e. The Bertz CT molecular complexity index is 387. The van der Waals surface area contributed by atoms with Crippen molar-refractivity contribution in [2.45, 2.75) is 91.4 Å². The first-order valence-corrected chi connectivity index (χ1v) is 9.91. The van der Waals surface area contributed by atoms with Gasteiger partial charge in [0.25, 0.3) is 0 Å². The monoisotopic (exact) mass is 326 g/mol. The minimum Gasteiger partial charge on any atom is -0.244 e. The maximum absolute atomic E-state index is 14.9. The van der Waals surface area contributed by atoms with Gasteiger partial charge in [-0.25, -0.2) is 8.78 Å². The summed E-state index contributed by atoms with van der Waals surface area (Å²) >= 11 is 0. The fraction of sp³-hybridized carbons (Fsp3) is 0.905. The molecule has 23 heavy (non-hydrogen) atoms. The molecule has 1 fully saturated rings. The van der Waals surface area contributed by atoms with Gasteiger partial charge in [-0.1, -0.05) is 52.2 Å². The molecule has 2 aliphatic rings. The van der Waals surface area contributed by atoms with Crippen LogP contribution >= 0.6 is 0 Å². The second-order valence-electron chi connectivity index (χ2n) is 8.53. The quantitative estimate of drug-likeness (QED) is 0.466. The van der Waals surface area contributed by atoms with Gasteiger partial charge in [0.2, 0.25) is 0 Å². The topological polar surface area (TPSA) is 0 Å². The van der Waals surface area contributed by atoms with E-state index in [4.69, 9.17) is 0 Å². The van der Waals surface area contributed by atoms with Gasteiger partial charge in [0, 0.05) is 5.92 Å². The zero-order chi connectivity index (χ0) is 17.0. The lowest BCUT2D eigenvalue weighted by atomic mass is 9.68. The summed E-state index contributed by atoms with van der Waals surface area (Å²) in [6.45, 7) is 8.81. The second kappa shape index (κ2) is 8.62. The Morgan fingerprint density at radius 2 is 1.83 bits per heavy atom. The molecule has 0 heterocycles. The van der Waals surface area contributed by atoms with Crippen LogP contribution in [0.1, 0.15) is 79.1 Å². The summed E-state index contributed by atoms with van der Waals surface area (Å²) < 4.78 is 29.7. The average molecular weight is 327 g/mol. The van der Waals surface area contributed by atoms with E-state index in [2.05, 4.69) is 33.8 Å². The molecule has 0 N–H and O–H groups in total. The highest BCUT2D eigenvalue weighted by atomic mass is 19.2. The highest BCUT2D eigenvalue weighted by molar-refractivity contribution is 5.14. The molecule has 0 aromatic rings. The van der Waals surface area contributed by atoms with Crippen LogP contribution in [0.15, 0.2) is 11.6 Å². The third-order valence-corrected chi connectivity index (χ3v) is 6.34. The van der Waals surface area contributed by atoms with Crippen molar-refractivity contribution in [2.24, 2.45) is 29.6 Å². The van der Waals surface area contributed by atoms with E-state index in [0.29, 0.717) is 17.8 Å².